The Morgan fingerprint density at radius 3 is 1.90 bits per heavy atom. The summed E-state index contributed by atoms with van der Waals surface area (Å²) in [4.78, 5) is 8.85. The second-order valence-electron chi connectivity index (χ2n) is 16.5. The van der Waals surface area contributed by atoms with Gasteiger partial charge in [0.15, 0.2) is 0 Å². The van der Waals surface area contributed by atoms with Crippen LogP contribution in [0.1, 0.15) is 40.0 Å². The van der Waals surface area contributed by atoms with Gasteiger partial charge in [-0.05, 0) is 82.3 Å². The second-order valence-corrected chi connectivity index (χ2v) is 16.5. The van der Waals surface area contributed by atoms with Crippen molar-refractivity contribution in [2.45, 2.75) is 26.2 Å². The summed E-state index contributed by atoms with van der Waals surface area (Å²) in [6, 6.07) is 42.1. The van der Waals surface area contributed by atoms with Crippen LogP contribution in [0.3, 0.4) is 0 Å². The highest BCUT2D eigenvalue weighted by Gasteiger charge is 2.32. The zero-order valence-electron chi connectivity index (χ0n) is 44.8. The maximum atomic E-state index is 9.10. The first-order chi connectivity index (χ1) is 35.0. The molecule has 0 bridgehead atoms. The molecule has 304 valence electrons. The Balaban J connectivity index is 1.08. The summed E-state index contributed by atoms with van der Waals surface area (Å²) in [7, 11) is 0. The standard InChI is InChI=1S/C58H46N4O/c1-58(2,3)43-34-35-59-56(36-43)62-51-27-14-13-24-49(51)50-33-31-45(38-54(50)62)63-55-37-44(30-32-46(55)40-18-7-4-8-19-40)60-39-61(53-29-16-15-28-52(53)60)57-47(41-20-9-5-10-21-41)25-17-26-48(57)42-22-11-6-12-23-42/h4-38H,39H2,1-3H3/i5D,6D,9D,10D,11D,12D,20D,21D,22D,23D. The lowest BCUT2D eigenvalue weighted by Gasteiger charge is -2.27. The van der Waals surface area contributed by atoms with Crippen LogP contribution >= 0.6 is 0 Å². The maximum Gasteiger partial charge on any atom is 0.137 e. The van der Waals surface area contributed by atoms with Gasteiger partial charge in [0.1, 0.15) is 24.0 Å². The lowest BCUT2D eigenvalue weighted by Crippen LogP contribution is -2.25. The Morgan fingerprint density at radius 2 is 1.19 bits per heavy atom. The Labute approximate surface area is 382 Å². The first-order valence-corrected chi connectivity index (χ1v) is 20.8. The second kappa shape index (κ2) is 15.5. The van der Waals surface area contributed by atoms with Crippen molar-refractivity contribution in [1.82, 2.24) is 9.55 Å². The molecule has 11 rings (SSSR count). The normalized spacial score (nSPS) is 14.8. The van der Waals surface area contributed by atoms with Crippen LogP contribution < -0.4 is 14.5 Å². The van der Waals surface area contributed by atoms with Gasteiger partial charge in [0.05, 0.1) is 41.8 Å². The fourth-order valence-corrected chi connectivity index (χ4v) is 8.65. The molecule has 0 saturated heterocycles. The number of rotatable bonds is 8. The molecule has 3 heterocycles. The topological polar surface area (TPSA) is 33.5 Å². The summed E-state index contributed by atoms with van der Waals surface area (Å²) in [5, 5.41) is 2.13. The Kier molecular flexibility index (Phi) is 7.05. The molecule has 0 saturated carbocycles. The molecule has 0 unspecified atom stereocenters. The fraction of sp³-hybridized carbons (Fsp3) is 0.0862. The van der Waals surface area contributed by atoms with Gasteiger partial charge in [-0.3, -0.25) is 4.57 Å². The molecule has 5 nitrogen and oxygen atoms in total. The zero-order valence-corrected chi connectivity index (χ0v) is 34.8. The van der Waals surface area contributed by atoms with E-state index >= 15 is 0 Å². The summed E-state index contributed by atoms with van der Waals surface area (Å²) in [6.07, 6.45) is 1.86. The number of hydrogen-bond acceptors (Lipinski definition) is 4. The summed E-state index contributed by atoms with van der Waals surface area (Å²) < 4.78 is 97.0. The zero-order chi connectivity index (χ0) is 51.2. The van der Waals surface area contributed by atoms with E-state index in [0.29, 0.717) is 17.2 Å². The molecule has 63 heavy (non-hydrogen) atoms. The molecule has 2 aromatic heterocycles. The first kappa shape index (κ1) is 28.6. The predicted octanol–water partition coefficient (Wildman–Crippen LogP) is 15.5. The third kappa shape index (κ3) is 6.88. The number of aromatic nitrogens is 2. The van der Waals surface area contributed by atoms with Crippen LogP contribution in [0.25, 0.3) is 61.0 Å². The van der Waals surface area contributed by atoms with E-state index in [1.165, 1.54) is 0 Å². The van der Waals surface area contributed by atoms with Gasteiger partial charge >= 0.3 is 0 Å². The molecule has 8 aromatic carbocycles. The van der Waals surface area contributed by atoms with Gasteiger partial charge in [-0.15, -0.1) is 0 Å². The van der Waals surface area contributed by atoms with Crippen molar-refractivity contribution in [2.75, 3.05) is 16.5 Å². The van der Waals surface area contributed by atoms with Crippen molar-refractivity contribution >= 4 is 44.6 Å². The van der Waals surface area contributed by atoms with Crippen LogP contribution in [0.2, 0.25) is 0 Å². The largest absolute Gasteiger partial charge is 0.457 e. The number of para-hydroxylation sites is 4. The van der Waals surface area contributed by atoms with Crippen LogP contribution in [0.15, 0.2) is 212 Å². The molecule has 0 aliphatic carbocycles. The molecule has 0 radical (unpaired) electrons. The predicted molar refractivity (Wildman–Crippen MR) is 262 cm³/mol. The van der Waals surface area contributed by atoms with Crippen LogP contribution in [-0.4, -0.2) is 16.2 Å². The molecule has 0 atom stereocenters. The molecule has 0 fully saturated rings. The molecule has 1 aliphatic rings. The van der Waals surface area contributed by atoms with Crippen molar-refractivity contribution in [3.63, 3.8) is 0 Å². The minimum atomic E-state index is -0.554. The van der Waals surface area contributed by atoms with E-state index in [1.54, 1.807) is 18.2 Å². The number of anilines is 4. The van der Waals surface area contributed by atoms with E-state index < -0.39 is 60.4 Å². The lowest BCUT2D eigenvalue weighted by molar-refractivity contribution is 0.485. The molecule has 1 aliphatic heterocycles. The highest BCUT2D eigenvalue weighted by Crippen LogP contribution is 2.51. The van der Waals surface area contributed by atoms with E-state index in [-0.39, 0.29) is 40.0 Å². The van der Waals surface area contributed by atoms with Crippen LogP contribution in [0, 0.1) is 0 Å². The first-order valence-electron chi connectivity index (χ1n) is 25.8. The third-order valence-corrected chi connectivity index (χ3v) is 11.7. The van der Waals surface area contributed by atoms with E-state index in [0.717, 1.165) is 55.7 Å². The molecule has 0 amide bonds. The number of pyridine rings is 1. The Morgan fingerprint density at radius 1 is 0.540 bits per heavy atom. The number of hydrogen-bond donors (Lipinski definition) is 0. The average molecular weight is 825 g/mol. The molecular formula is C58H46N4O. The van der Waals surface area contributed by atoms with Gasteiger partial charge in [0.25, 0.3) is 0 Å². The number of ether oxygens (including phenoxy) is 1. The van der Waals surface area contributed by atoms with Crippen molar-refractivity contribution in [1.29, 1.82) is 0 Å². The highest BCUT2D eigenvalue weighted by molar-refractivity contribution is 6.09. The number of fused-ring (bicyclic) bond motifs is 4. The number of benzene rings is 8. The monoisotopic (exact) mass is 824 g/mol. The summed E-state index contributed by atoms with van der Waals surface area (Å²) in [5.41, 5.74) is 7.44. The summed E-state index contributed by atoms with van der Waals surface area (Å²) in [5.74, 6) is 1.95. The molecule has 0 N–H and O–H groups in total. The third-order valence-electron chi connectivity index (χ3n) is 11.7. The van der Waals surface area contributed by atoms with Crippen molar-refractivity contribution in [3.05, 3.63) is 218 Å². The Bertz CT molecular complexity index is 3740. The van der Waals surface area contributed by atoms with Gasteiger partial charge in [-0.1, -0.05) is 160 Å². The summed E-state index contributed by atoms with van der Waals surface area (Å²) in [6.45, 7) is 6.65. The average Bonchev–Trinajstić information content (AvgIpc) is 3.95. The Hall–Kier alpha value is -7.89. The maximum absolute atomic E-state index is 9.10. The summed E-state index contributed by atoms with van der Waals surface area (Å²) >= 11 is 0. The van der Waals surface area contributed by atoms with Gasteiger partial charge in [0.2, 0.25) is 0 Å². The smallest absolute Gasteiger partial charge is 0.137 e. The molecule has 10 aromatic rings. The SMILES string of the molecule is [2H]c1c([2H])c([2H])c(-c2cccc(-c3c([2H])c([2H])c([2H])c([2H])c3[2H])c2N2CN(c3ccc(-c4ccccc4)c(Oc4ccc5c6ccccc6n(-c6cc(C(C)(C)C)ccn6)c5c4)c3)c3ccccc32)c([2H])c1[2H]. The van der Waals surface area contributed by atoms with Crippen molar-refractivity contribution in [3.8, 4) is 50.7 Å². The van der Waals surface area contributed by atoms with Crippen LogP contribution in [-0.2, 0) is 5.41 Å². The highest BCUT2D eigenvalue weighted by atomic mass is 16.5. The molecular weight excluding hydrogens is 769 g/mol. The number of nitrogens with zero attached hydrogens (tertiary/aromatic N) is 4. The van der Waals surface area contributed by atoms with E-state index in [4.69, 9.17) is 23.4 Å². The van der Waals surface area contributed by atoms with Crippen molar-refractivity contribution in [2.24, 2.45) is 0 Å². The minimum absolute atomic E-state index is 0.0947. The van der Waals surface area contributed by atoms with Gasteiger partial charge in [0, 0.05) is 51.5 Å². The molecule has 5 heteroatoms. The van der Waals surface area contributed by atoms with Gasteiger partial charge < -0.3 is 14.5 Å². The van der Waals surface area contributed by atoms with Crippen LogP contribution in [0.5, 0.6) is 11.5 Å². The molecule has 0 spiro atoms. The quantitative estimate of drug-likeness (QED) is 0.153. The van der Waals surface area contributed by atoms with E-state index in [9.17, 15) is 0 Å². The lowest BCUT2D eigenvalue weighted by atomic mass is 9.88. The van der Waals surface area contributed by atoms with E-state index in [1.807, 2.05) is 108 Å². The fourth-order valence-electron chi connectivity index (χ4n) is 8.65. The van der Waals surface area contributed by atoms with Crippen molar-refractivity contribution < 1.29 is 18.4 Å². The van der Waals surface area contributed by atoms with E-state index in [2.05, 4.69) is 60.6 Å². The van der Waals surface area contributed by atoms with Crippen LogP contribution in [0.4, 0.5) is 22.7 Å². The van der Waals surface area contributed by atoms with Gasteiger partial charge in [-0.25, -0.2) is 4.98 Å². The minimum Gasteiger partial charge on any atom is -0.457 e. The van der Waals surface area contributed by atoms with Gasteiger partial charge in [-0.2, -0.15) is 0 Å².